The second kappa shape index (κ2) is 5.72. The zero-order chi connectivity index (χ0) is 12.1. The van der Waals surface area contributed by atoms with Gasteiger partial charge in [0.2, 0.25) is 0 Å². The number of amides is 1. The maximum atomic E-state index is 12.0. The van der Waals surface area contributed by atoms with Crippen LogP contribution in [-0.4, -0.2) is 47.0 Å². The maximum absolute atomic E-state index is 12.0. The van der Waals surface area contributed by atoms with E-state index in [0.717, 1.165) is 19.5 Å². The molecule has 0 spiro atoms. The van der Waals surface area contributed by atoms with Gasteiger partial charge in [0.05, 0.1) is 6.20 Å². The number of aromatic nitrogens is 2. The molecule has 0 bridgehead atoms. The Balaban J connectivity index is 1.91. The van der Waals surface area contributed by atoms with Crippen molar-refractivity contribution in [1.82, 2.24) is 20.2 Å². The van der Waals surface area contributed by atoms with Gasteiger partial charge in [0.1, 0.15) is 5.69 Å². The summed E-state index contributed by atoms with van der Waals surface area (Å²) in [6, 6.07) is 0.411. The van der Waals surface area contributed by atoms with E-state index < -0.39 is 0 Å². The molecule has 1 N–H and O–H groups in total. The molecule has 1 saturated heterocycles. The van der Waals surface area contributed by atoms with Gasteiger partial charge in [-0.2, -0.15) is 0 Å². The van der Waals surface area contributed by atoms with Gasteiger partial charge in [-0.15, -0.1) is 0 Å². The number of hydrogen-bond donors (Lipinski definition) is 1. The summed E-state index contributed by atoms with van der Waals surface area (Å²) in [6.45, 7) is 1.78. The van der Waals surface area contributed by atoms with Gasteiger partial charge in [-0.05, 0) is 19.4 Å². The number of carbonyl (C=O) groups excluding carboxylic acids is 1. The Labute approximate surface area is 101 Å². The van der Waals surface area contributed by atoms with Crippen LogP contribution < -0.4 is 5.32 Å². The van der Waals surface area contributed by atoms with Crippen molar-refractivity contribution in [2.45, 2.75) is 25.3 Å². The molecule has 1 aromatic heterocycles. The van der Waals surface area contributed by atoms with Crippen LogP contribution in [0.25, 0.3) is 0 Å². The molecule has 1 aromatic rings. The molecule has 0 aliphatic carbocycles. The van der Waals surface area contributed by atoms with E-state index in [4.69, 9.17) is 0 Å². The molecule has 1 amide bonds. The topological polar surface area (TPSA) is 58.1 Å². The minimum absolute atomic E-state index is 0.0644. The molecule has 0 aromatic carbocycles. The molecule has 1 fully saturated rings. The van der Waals surface area contributed by atoms with Gasteiger partial charge in [0.25, 0.3) is 5.91 Å². The van der Waals surface area contributed by atoms with Gasteiger partial charge in [0, 0.05) is 32.0 Å². The highest BCUT2D eigenvalue weighted by Gasteiger charge is 2.19. The molecule has 0 unspecified atom stereocenters. The zero-order valence-electron chi connectivity index (χ0n) is 10.1. The van der Waals surface area contributed by atoms with E-state index in [1.165, 1.54) is 19.0 Å². The van der Waals surface area contributed by atoms with E-state index in [1.54, 1.807) is 17.3 Å². The first-order valence-corrected chi connectivity index (χ1v) is 6.02. The summed E-state index contributed by atoms with van der Waals surface area (Å²) >= 11 is 0. The van der Waals surface area contributed by atoms with E-state index in [1.807, 2.05) is 7.05 Å². The first kappa shape index (κ1) is 12.0. The molecule has 1 atom stereocenters. The number of nitrogens with zero attached hydrogens (tertiary/aromatic N) is 3. The lowest BCUT2D eigenvalue weighted by atomic mass is 10.0. The predicted molar refractivity (Wildman–Crippen MR) is 64.6 cm³/mol. The van der Waals surface area contributed by atoms with Crippen LogP contribution in [0.5, 0.6) is 0 Å². The van der Waals surface area contributed by atoms with Crippen LogP contribution in [0.1, 0.15) is 29.8 Å². The Morgan fingerprint density at radius 3 is 3.06 bits per heavy atom. The molecule has 5 nitrogen and oxygen atoms in total. The van der Waals surface area contributed by atoms with E-state index in [-0.39, 0.29) is 5.91 Å². The van der Waals surface area contributed by atoms with Crippen LogP contribution in [0.4, 0.5) is 0 Å². The number of nitrogens with one attached hydrogen (secondary N) is 1. The number of piperidine rings is 1. The Kier molecular flexibility index (Phi) is 4.03. The average molecular weight is 234 g/mol. The van der Waals surface area contributed by atoms with E-state index >= 15 is 0 Å². The molecule has 5 heteroatoms. The minimum Gasteiger partial charge on any atom is -0.339 e. The summed E-state index contributed by atoms with van der Waals surface area (Å²) < 4.78 is 0. The van der Waals surface area contributed by atoms with E-state index in [2.05, 4.69) is 15.3 Å². The number of likely N-dealkylation sites (N-methyl/N-ethyl adjacent to an activating group) is 1. The van der Waals surface area contributed by atoms with Crippen molar-refractivity contribution in [3.8, 4) is 0 Å². The Hall–Kier alpha value is -1.49. The molecule has 0 radical (unpaired) electrons. The molecule has 92 valence electrons. The summed E-state index contributed by atoms with van der Waals surface area (Å²) in [7, 11) is 1.81. The summed E-state index contributed by atoms with van der Waals surface area (Å²) in [5.41, 5.74) is 0.408. The van der Waals surface area contributed by atoms with Gasteiger partial charge < -0.3 is 10.2 Å². The van der Waals surface area contributed by atoms with Gasteiger partial charge >= 0.3 is 0 Å². The van der Waals surface area contributed by atoms with Crippen LogP contribution in [0, 0.1) is 0 Å². The van der Waals surface area contributed by atoms with Gasteiger partial charge in [0.15, 0.2) is 0 Å². The monoisotopic (exact) mass is 234 g/mol. The molecule has 0 saturated carbocycles. The smallest absolute Gasteiger partial charge is 0.273 e. The minimum atomic E-state index is -0.0644. The van der Waals surface area contributed by atoms with Crippen molar-refractivity contribution in [3.05, 3.63) is 24.3 Å². The predicted octanol–water partition coefficient (Wildman–Crippen LogP) is 0.691. The normalized spacial score (nSPS) is 19.9. The van der Waals surface area contributed by atoms with Crippen molar-refractivity contribution in [2.24, 2.45) is 0 Å². The Morgan fingerprint density at radius 2 is 2.41 bits per heavy atom. The second-order valence-corrected chi connectivity index (χ2v) is 4.42. The summed E-state index contributed by atoms with van der Waals surface area (Å²) in [6.07, 6.45) is 8.23. The van der Waals surface area contributed by atoms with Gasteiger partial charge in [-0.3, -0.25) is 9.78 Å². The summed E-state index contributed by atoms with van der Waals surface area (Å²) in [4.78, 5) is 21.7. The lowest BCUT2D eigenvalue weighted by molar-refractivity contribution is 0.0769. The molecule has 1 aliphatic heterocycles. The molecule has 2 rings (SSSR count). The number of carbonyl (C=O) groups is 1. The van der Waals surface area contributed by atoms with E-state index in [9.17, 15) is 4.79 Å². The largest absolute Gasteiger partial charge is 0.339 e. The van der Waals surface area contributed by atoms with Gasteiger partial charge in [-0.25, -0.2) is 4.98 Å². The van der Waals surface area contributed by atoms with Crippen molar-refractivity contribution >= 4 is 5.91 Å². The quantitative estimate of drug-likeness (QED) is 0.836. The lowest BCUT2D eigenvalue weighted by Crippen LogP contribution is -2.44. The molecule has 1 aliphatic rings. The average Bonchev–Trinajstić information content (AvgIpc) is 2.40. The van der Waals surface area contributed by atoms with Crippen molar-refractivity contribution in [2.75, 3.05) is 20.1 Å². The number of rotatable bonds is 3. The summed E-state index contributed by atoms with van der Waals surface area (Å²) in [5, 5.41) is 3.43. The Morgan fingerprint density at radius 1 is 1.53 bits per heavy atom. The summed E-state index contributed by atoms with van der Waals surface area (Å²) in [5.74, 6) is -0.0644. The standard InChI is InChI=1S/C12H18N4O/c1-16(9-10-4-2-3-5-14-10)12(17)11-8-13-6-7-15-11/h6-8,10,14H,2-5,9H2,1H3/t10-/m1/s1. The highest BCUT2D eigenvalue weighted by Crippen LogP contribution is 2.09. The highest BCUT2D eigenvalue weighted by molar-refractivity contribution is 5.91. The van der Waals surface area contributed by atoms with E-state index in [0.29, 0.717) is 11.7 Å². The lowest BCUT2D eigenvalue weighted by Gasteiger charge is -2.28. The van der Waals surface area contributed by atoms with Crippen LogP contribution in [0.3, 0.4) is 0 Å². The van der Waals surface area contributed by atoms with Crippen LogP contribution in [-0.2, 0) is 0 Å². The SMILES string of the molecule is CN(C[C@H]1CCCCN1)C(=O)c1cnccn1. The fourth-order valence-corrected chi connectivity index (χ4v) is 2.10. The fraction of sp³-hybridized carbons (Fsp3) is 0.583. The third kappa shape index (κ3) is 3.23. The number of hydrogen-bond acceptors (Lipinski definition) is 4. The molecule has 2 heterocycles. The van der Waals surface area contributed by atoms with Crippen molar-refractivity contribution in [1.29, 1.82) is 0 Å². The third-order valence-electron chi connectivity index (χ3n) is 3.04. The first-order valence-electron chi connectivity index (χ1n) is 6.02. The maximum Gasteiger partial charge on any atom is 0.273 e. The highest BCUT2D eigenvalue weighted by atomic mass is 16.2. The Bertz CT molecular complexity index is 362. The van der Waals surface area contributed by atoms with Crippen LogP contribution >= 0.6 is 0 Å². The first-order chi connectivity index (χ1) is 8.27. The second-order valence-electron chi connectivity index (χ2n) is 4.42. The fourth-order valence-electron chi connectivity index (χ4n) is 2.10. The van der Waals surface area contributed by atoms with Crippen molar-refractivity contribution < 1.29 is 4.79 Å². The zero-order valence-corrected chi connectivity index (χ0v) is 10.1. The third-order valence-corrected chi connectivity index (χ3v) is 3.04. The molecule has 17 heavy (non-hydrogen) atoms. The van der Waals surface area contributed by atoms with Crippen LogP contribution in [0.2, 0.25) is 0 Å². The molecular formula is C12H18N4O. The van der Waals surface area contributed by atoms with Gasteiger partial charge in [-0.1, -0.05) is 6.42 Å². The molecular weight excluding hydrogens is 216 g/mol. The van der Waals surface area contributed by atoms with Crippen molar-refractivity contribution in [3.63, 3.8) is 0 Å². The van der Waals surface area contributed by atoms with Crippen LogP contribution in [0.15, 0.2) is 18.6 Å².